The smallest absolute Gasteiger partial charge is 0.253 e. The van der Waals surface area contributed by atoms with E-state index < -0.39 is 0 Å². The van der Waals surface area contributed by atoms with Gasteiger partial charge in [0.05, 0.1) is 12.0 Å². The summed E-state index contributed by atoms with van der Waals surface area (Å²) < 4.78 is 3.46. The van der Waals surface area contributed by atoms with Crippen LogP contribution in [0.3, 0.4) is 0 Å². The van der Waals surface area contributed by atoms with E-state index in [0.717, 1.165) is 50.4 Å². The maximum absolute atomic E-state index is 12.4. The van der Waals surface area contributed by atoms with E-state index in [1.165, 1.54) is 0 Å². The van der Waals surface area contributed by atoms with Gasteiger partial charge in [0.2, 0.25) is 5.56 Å². The Morgan fingerprint density at radius 3 is 2.44 bits per heavy atom. The summed E-state index contributed by atoms with van der Waals surface area (Å²) in [6, 6.07) is 7.10. The lowest BCUT2D eigenvalue weighted by molar-refractivity contribution is 0.163. The van der Waals surface area contributed by atoms with E-state index in [2.05, 4.69) is 30.7 Å². The van der Waals surface area contributed by atoms with E-state index in [4.69, 9.17) is 0 Å². The van der Waals surface area contributed by atoms with Crippen LogP contribution in [-0.2, 0) is 25.6 Å². The van der Waals surface area contributed by atoms with Gasteiger partial charge in [-0.15, -0.1) is 0 Å². The molecule has 3 rings (SSSR count). The number of nitrogens with zero attached hydrogens (tertiary/aromatic N) is 4. The highest BCUT2D eigenvalue weighted by Gasteiger charge is 2.21. The van der Waals surface area contributed by atoms with Crippen LogP contribution in [0.2, 0.25) is 0 Å². The highest BCUT2D eigenvalue weighted by atomic mass is 16.1. The second-order valence-corrected chi connectivity index (χ2v) is 8.65. The fraction of sp³-hybridized carbons (Fsp3) is 0.571. The summed E-state index contributed by atoms with van der Waals surface area (Å²) in [5, 5.41) is 0. The standard InChI is InChI=1S/C21H30N4O2/c1-21(2,3)18-12-20(27)25(15-22-18)13-16-8-10-24(11-9-16)14-17-6-5-7-19(26)23(17)4/h5-7,12,15-16H,8-11,13-14H2,1-4H3. The highest BCUT2D eigenvalue weighted by molar-refractivity contribution is 5.10. The van der Waals surface area contributed by atoms with Crippen LogP contribution in [0.1, 0.15) is 45.0 Å². The van der Waals surface area contributed by atoms with Crippen molar-refractivity contribution in [1.82, 2.24) is 19.0 Å². The predicted molar refractivity (Wildman–Crippen MR) is 107 cm³/mol. The maximum Gasteiger partial charge on any atom is 0.253 e. The molecule has 6 nitrogen and oxygen atoms in total. The SMILES string of the molecule is Cn1c(CN2CCC(Cn3cnc(C(C)(C)C)cc3=O)CC2)cccc1=O. The molecule has 1 aliphatic rings. The van der Waals surface area contributed by atoms with Gasteiger partial charge in [-0.2, -0.15) is 0 Å². The molecule has 0 aromatic carbocycles. The summed E-state index contributed by atoms with van der Waals surface area (Å²) in [5.74, 6) is 0.487. The van der Waals surface area contributed by atoms with Crippen molar-refractivity contribution in [3.8, 4) is 0 Å². The van der Waals surface area contributed by atoms with Gasteiger partial charge in [-0.25, -0.2) is 4.98 Å². The first-order valence-corrected chi connectivity index (χ1v) is 9.68. The Morgan fingerprint density at radius 1 is 1.11 bits per heavy atom. The molecular formula is C21H30N4O2. The molecule has 1 saturated heterocycles. The lowest BCUT2D eigenvalue weighted by atomic mass is 9.92. The average molecular weight is 370 g/mol. The molecule has 0 N–H and O–H groups in total. The van der Waals surface area contributed by atoms with E-state index in [0.29, 0.717) is 5.92 Å². The maximum atomic E-state index is 12.4. The first-order chi connectivity index (χ1) is 12.7. The van der Waals surface area contributed by atoms with Gasteiger partial charge in [-0.3, -0.25) is 19.1 Å². The summed E-state index contributed by atoms with van der Waals surface area (Å²) in [7, 11) is 1.82. The Labute approximate surface area is 160 Å². The van der Waals surface area contributed by atoms with Crippen LogP contribution in [0, 0.1) is 5.92 Å². The number of piperidine rings is 1. The van der Waals surface area contributed by atoms with Gasteiger partial charge in [-0.05, 0) is 37.9 Å². The van der Waals surface area contributed by atoms with Crippen LogP contribution in [0.15, 0.2) is 40.2 Å². The van der Waals surface area contributed by atoms with Gasteiger partial charge in [0.15, 0.2) is 0 Å². The van der Waals surface area contributed by atoms with E-state index >= 15 is 0 Å². The zero-order valence-electron chi connectivity index (χ0n) is 16.8. The molecule has 27 heavy (non-hydrogen) atoms. The lowest BCUT2D eigenvalue weighted by Gasteiger charge is -2.32. The zero-order chi connectivity index (χ0) is 19.6. The van der Waals surface area contributed by atoms with Gasteiger partial charge < -0.3 is 4.57 Å². The van der Waals surface area contributed by atoms with E-state index in [9.17, 15) is 9.59 Å². The Morgan fingerprint density at radius 2 is 1.81 bits per heavy atom. The fourth-order valence-corrected chi connectivity index (χ4v) is 3.57. The van der Waals surface area contributed by atoms with Crippen molar-refractivity contribution < 1.29 is 0 Å². The summed E-state index contributed by atoms with van der Waals surface area (Å²) >= 11 is 0. The number of pyridine rings is 1. The van der Waals surface area contributed by atoms with Crippen LogP contribution >= 0.6 is 0 Å². The van der Waals surface area contributed by atoms with Crippen LogP contribution in [0.25, 0.3) is 0 Å². The highest BCUT2D eigenvalue weighted by Crippen LogP contribution is 2.21. The van der Waals surface area contributed by atoms with Gasteiger partial charge >= 0.3 is 0 Å². The van der Waals surface area contributed by atoms with Crippen molar-refractivity contribution in [1.29, 1.82) is 0 Å². The zero-order valence-corrected chi connectivity index (χ0v) is 16.8. The summed E-state index contributed by atoms with van der Waals surface area (Å²) in [6.45, 7) is 9.69. The molecule has 3 heterocycles. The first-order valence-electron chi connectivity index (χ1n) is 9.68. The second-order valence-electron chi connectivity index (χ2n) is 8.65. The van der Waals surface area contributed by atoms with Crippen molar-refractivity contribution in [3.05, 3.63) is 62.7 Å². The van der Waals surface area contributed by atoms with Crippen molar-refractivity contribution >= 4 is 0 Å². The van der Waals surface area contributed by atoms with Crippen molar-refractivity contribution in [2.75, 3.05) is 13.1 Å². The minimum Gasteiger partial charge on any atom is -0.314 e. The molecule has 146 valence electrons. The Balaban J connectivity index is 1.58. The summed E-state index contributed by atoms with van der Waals surface area (Å²) in [6.07, 6.45) is 3.80. The van der Waals surface area contributed by atoms with Crippen molar-refractivity contribution in [2.24, 2.45) is 13.0 Å². The topological polar surface area (TPSA) is 60.1 Å². The van der Waals surface area contributed by atoms with Crippen molar-refractivity contribution in [2.45, 2.75) is 52.1 Å². The molecule has 0 spiro atoms. The quantitative estimate of drug-likeness (QED) is 0.827. The predicted octanol–water partition coefficient (Wildman–Crippen LogP) is 2.15. The number of rotatable bonds is 4. The molecule has 0 amide bonds. The molecule has 2 aromatic rings. The summed E-state index contributed by atoms with van der Waals surface area (Å²) in [5.41, 5.74) is 1.84. The third kappa shape index (κ3) is 4.75. The largest absolute Gasteiger partial charge is 0.314 e. The van der Waals surface area contributed by atoms with Crippen LogP contribution in [0.5, 0.6) is 0 Å². The van der Waals surface area contributed by atoms with Crippen molar-refractivity contribution in [3.63, 3.8) is 0 Å². The molecule has 0 saturated carbocycles. The number of hydrogen-bond donors (Lipinski definition) is 0. The molecule has 1 aliphatic heterocycles. The van der Waals surface area contributed by atoms with E-state index in [1.807, 2.05) is 19.2 Å². The van der Waals surface area contributed by atoms with Crippen LogP contribution in [-0.4, -0.2) is 32.1 Å². The van der Waals surface area contributed by atoms with Crippen LogP contribution < -0.4 is 11.1 Å². The molecule has 2 aromatic heterocycles. The van der Waals surface area contributed by atoms with Gasteiger partial charge in [0, 0.05) is 43.4 Å². The monoisotopic (exact) mass is 370 g/mol. The molecule has 0 aliphatic carbocycles. The second kappa shape index (κ2) is 7.80. The molecule has 0 radical (unpaired) electrons. The molecular weight excluding hydrogens is 340 g/mol. The number of aromatic nitrogens is 3. The molecule has 0 bridgehead atoms. The molecule has 6 heteroatoms. The van der Waals surface area contributed by atoms with E-state index in [1.54, 1.807) is 27.6 Å². The molecule has 0 atom stereocenters. The number of likely N-dealkylation sites (tertiary alicyclic amines) is 1. The molecule has 0 unspecified atom stereocenters. The lowest BCUT2D eigenvalue weighted by Crippen LogP contribution is -2.37. The van der Waals surface area contributed by atoms with Crippen LogP contribution in [0.4, 0.5) is 0 Å². The minimum atomic E-state index is -0.110. The van der Waals surface area contributed by atoms with Gasteiger partial charge in [0.1, 0.15) is 0 Å². The normalized spacial score (nSPS) is 16.6. The average Bonchev–Trinajstić information content (AvgIpc) is 2.61. The Hall–Kier alpha value is -2.21. The first kappa shape index (κ1) is 19.5. The minimum absolute atomic E-state index is 0.0352. The third-order valence-corrected chi connectivity index (χ3v) is 5.48. The fourth-order valence-electron chi connectivity index (χ4n) is 3.57. The number of hydrogen-bond acceptors (Lipinski definition) is 4. The molecule has 1 fully saturated rings. The van der Waals surface area contributed by atoms with E-state index in [-0.39, 0.29) is 16.5 Å². The Bertz CT molecular complexity index is 899. The van der Waals surface area contributed by atoms with Gasteiger partial charge in [-0.1, -0.05) is 26.8 Å². The van der Waals surface area contributed by atoms with Gasteiger partial charge in [0.25, 0.3) is 5.56 Å². The summed E-state index contributed by atoms with van der Waals surface area (Å²) in [4.78, 5) is 31.0. The third-order valence-electron chi connectivity index (χ3n) is 5.48. The Kier molecular flexibility index (Phi) is 5.65.